The Morgan fingerprint density at radius 3 is 2.00 bits per heavy atom. The molecular formula is C27H30O14. The van der Waals surface area contributed by atoms with Gasteiger partial charge in [0, 0.05) is 17.2 Å². The fourth-order valence-electron chi connectivity index (χ4n) is 5.15. The van der Waals surface area contributed by atoms with Gasteiger partial charge in [-0.3, -0.25) is 9.59 Å². The van der Waals surface area contributed by atoms with Crippen LogP contribution in [0.2, 0.25) is 0 Å². The number of hydrogen-bond donors (Lipinski definition) is 8. The maximum Gasteiger partial charge on any atom is 0.229 e. The number of benzene rings is 2. The minimum Gasteiger partial charge on any atom is -0.507 e. The van der Waals surface area contributed by atoms with E-state index in [0.29, 0.717) is 5.56 Å². The van der Waals surface area contributed by atoms with Gasteiger partial charge in [-0.2, -0.15) is 0 Å². The SMILES string of the molecule is Cc1cc(O)c2c(c1)C(=O)c1cc(O[C@@H]3O[C@@H](C)[C@H](O)[C@@H](O)[C@H]3O)cc(OC3O[C@H](CO)[C@@H](O)[C@H](O)[C@H]3O)c1C2=O. The number of hydrogen-bond acceptors (Lipinski definition) is 14. The number of phenols is 1. The van der Waals surface area contributed by atoms with Crippen LogP contribution in [0.25, 0.3) is 0 Å². The number of aliphatic hydroxyl groups is 7. The number of ketones is 2. The molecule has 0 bridgehead atoms. The summed E-state index contributed by atoms with van der Waals surface area (Å²) >= 11 is 0. The quantitative estimate of drug-likeness (QED) is 0.161. The van der Waals surface area contributed by atoms with Gasteiger partial charge in [0.1, 0.15) is 60.0 Å². The molecule has 3 aliphatic rings. The molecule has 0 amide bonds. The first-order chi connectivity index (χ1) is 19.3. The van der Waals surface area contributed by atoms with Crippen LogP contribution in [0.4, 0.5) is 0 Å². The topological polar surface area (TPSA) is 233 Å². The molecule has 2 aromatic carbocycles. The third-order valence-corrected chi connectivity index (χ3v) is 7.43. The van der Waals surface area contributed by atoms with Gasteiger partial charge in [-0.15, -0.1) is 0 Å². The van der Waals surface area contributed by atoms with E-state index in [4.69, 9.17) is 18.9 Å². The second kappa shape index (κ2) is 10.9. The van der Waals surface area contributed by atoms with Crippen LogP contribution in [0.15, 0.2) is 24.3 Å². The number of fused-ring (bicyclic) bond motifs is 2. The molecule has 0 spiro atoms. The first-order valence-electron chi connectivity index (χ1n) is 12.8. The summed E-state index contributed by atoms with van der Waals surface area (Å²) in [6, 6.07) is 4.97. The van der Waals surface area contributed by atoms with Crippen LogP contribution in [0, 0.1) is 6.92 Å². The standard InChI is InChI=1S/C27H30O14/c1-8-3-11-16(13(29)4-8)21(33)17-12(19(11)31)5-10(39-26-24(36)22(34)18(30)9(2)38-26)6-14(17)40-27-25(37)23(35)20(32)15(7-28)41-27/h3-6,9,15,18,20,22-30,32,34-37H,7H2,1-2H3/t9-,15+,18-,20+,22+,23-,24+,25+,26-,27?/m0/s1. The maximum atomic E-state index is 13.7. The Hall–Kier alpha value is -3.18. The maximum absolute atomic E-state index is 13.7. The summed E-state index contributed by atoms with van der Waals surface area (Å²) in [7, 11) is 0. The molecule has 41 heavy (non-hydrogen) atoms. The monoisotopic (exact) mass is 578 g/mol. The lowest BCUT2D eigenvalue weighted by Crippen LogP contribution is -2.60. The average molecular weight is 579 g/mol. The van der Waals surface area contributed by atoms with Crippen LogP contribution in [0.3, 0.4) is 0 Å². The number of ether oxygens (including phenoxy) is 4. The van der Waals surface area contributed by atoms with E-state index < -0.39 is 91.1 Å². The molecule has 2 fully saturated rings. The molecular weight excluding hydrogens is 548 g/mol. The van der Waals surface area contributed by atoms with E-state index in [-0.39, 0.29) is 28.0 Å². The fourth-order valence-corrected chi connectivity index (χ4v) is 5.15. The minimum atomic E-state index is -1.87. The number of aromatic hydroxyl groups is 1. The van der Waals surface area contributed by atoms with Crippen molar-refractivity contribution in [2.24, 2.45) is 0 Å². The van der Waals surface area contributed by atoms with E-state index in [1.807, 2.05) is 0 Å². The van der Waals surface area contributed by atoms with Crippen molar-refractivity contribution in [1.29, 1.82) is 0 Å². The zero-order valence-electron chi connectivity index (χ0n) is 21.8. The van der Waals surface area contributed by atoms with Crippen LogP contribution in [0.5, 0.6) is 17.2 Å². The lowest BCUT2D eigenvalue weighted by atomic mass is 9.82. The Morgan fingerprint density at radius 1 is 0.732 bits per heavy atom. The lowest BCUT2D eigenvalue weighted by molar-refractivity contribution is -0.277. The summed E-state index contributed by atoms with van der Waals surface area (Å²) in [5.41, 5.74) is -0.492. The van der Waals surface area contributed by atoms with Crippen molar-refractivity contribution in [3.63, 3.8) is 0 Å². The Bertz CT molecular complexity index is 1360. The third kappa shape index (κ3) is 4.97. The highest BCUT2D eigenvalue weighted by Gasteiger charge is 2.47. The molecule has 0 aromatic heterocycles. The van der Waals surface area contributed by atoms with Crippen molar-refractivity contribution in [2.75, 3.05) is 6.61 Å². The van der Waals surface area contributed by atoms with E-state index in [1.54, 1.807) is 6.92 Å². The van der Waals surface area contributed by atoms with Crippen LogP contribution in [-0.4, -0.2) is 120 Å². The van der Waals surface area contributed by atoms with E-state index >= 15 is 0 Å². The molecule has 222 valence electrons. The number of phenolic OH excluding ortho intramolecular Hbond substituents is 1. The summed E-state index contributed by atoms with van der Waals surface area (Å²) in [5, 5.41) is 81.5. The highest BCUT2D eigenvalue weighted by Crippen LogP contribution is 2.41. The first-order valence-corrected chi connectivity index (χ1v) is 12.8. The van der Waals surface area contributed by atoms with Gasteiger partial charge in [-0.25, -0.2) is 0 Å². The number of carbonyl (C=O) groups excluding carboxylic acids is 2. The van der Waals surface area contributed by atoms with Crippen molar-refractivity contribution in [2.45, 2.75) is 75.3 Å². The second-order valence-electron chi connectivity index (χ2n) is 10.3. The van der Waals surface area contributed by atoms with Crippen LogP contribution in [0.1, 0.15) is 44.3 Å². The molecule has 1 unspecified atom stereocenters. The Balaban J connectivity index is 1.59. The summed E-state index contributed by atoms with van der Waals surface area (Å²) in [4.78, 5) is 27.3. The van der Waals surface area contributed by atoms with Gasteiger partial charge >= 0.3 is 0 Å². The van der Waals surface area contributed by atoms with Crippen molar-refractivity contribution >= 4 is 11.6 Å². The lowest BCUT2D eigenvalue weighted by Gasteiger charge is -2.40. The fraction of sp³-hybridized carbons (Fsp3) is 0.481. The molecule has 2 saturated heterocycles. The molecule has 5 rings (SSSR count). The summed E-state index contributed by atoms with van der Waals surface area (Å²) in [6.45, 7) is 2.29. The van der Waals surface area contributed by atoms with Gasteiger partial charge in [0.2, 0.25) is 18.4 Å². The summed E-state index contributed by atoms with van der Waals surface area (Å²) in [5.74, 6) is -2.59. The molecule has 2 heterocycles. The van der Waals surface area contributed by atoms with Crippen LogP contribution >= 0.6 is 0 Å². The molecule has 2 aliphatic heterocycles. The Morgan fingerprint density at radius 2 is 1.34 bits per heavy atom. The van der Waals surface area contributed by atoms with Crippen molar-refractivity contribution < 1.29 is 69.4 Å². The number of carbonyl (C=O) groups is 2. The van der Waals surface area contributed by atoms with Gasteiger partial charge in [-0.05, 0) is 37.6 Å². The van der Waals surface area contributed by atoms with E-state index in [1.165, 1.54) is 19.1 Å². The molecule has 14 heteroatoms. The zero-order valence-corrected chi connectivity index (χ0v) is 21.8. The summed E-state index contributed by atoms with van der Waals surface area (Å²) < 4.78 is 22.3. The average Bonchev–Trinajstić information content (AvgIpc) is 2.93. The van der Waals surface area contributed by atoms with E-state index in [9.17, 15) is 50.4 Å². The van der Waals surface area contributed by atoms with Crippen LogP contribution < -0.4 is 9.47 Å². The third-order valence-electron chi connectivity index (χ3n) is 7.43. The Kier molecular flexibility index (Phi) is 7.80. The second-order valence-corrected chi connectivity index (χ2v) is 10.3. The van der Waals surface area contributed by atoms with Gasteiger partial charge in [0.15, 0.2) is 5.78 Å². The molecule has 0 saturated carbocycles. The van der Waals surface area contributed by atoms with Crippen molar-refractivity contribution in [1.82, 2.24) is 0 Å². The smallest absolute Gasteiger partial charge is 0.229 e. The van der Waals surface area contributed by atoms with E-state index in [0.717, 1.165) is 12.1 Å². The highest BCUT2D eigenvalue weighted by atomic mass is 16.7. The number of rotatable bonds is 5. The highest BCUT2D eigenvalue weighted by molar-refractivity contribution is 6.30. The zero-order chi connectivity index (χ0) is 29.9. The summed E-state index contributed by atoms with van der Waals surface area (Å²) in [6.07, 6.45) is -15.7. The van der Waals surface area contributed by atoms with Gasteiger partial charge in [-0.1, -0.05) is 0 Å². The predicted octanol–water partition coefficient (Wildman–Crippen LogP) is -2.14. The van der Waals surface area contributed by atoms with Crippen molar-refractivity contribution in [3.8, 4) is 17.2 Å². The first kappa shape index (κ1) is 29.3. The molecule has 8 N–H and O–H groups in total. The van der Waals surface area contributed by atoms with Gasteiger partial charge < -0.3 is 59.8 Å². The molecule has 10 atom stereocenters. The molecule has 1 aliphatic carbocycles. The van der Waals surface area contributed by atoms with Gasteiger partial charge in [0.25, 0.3) is 0 Å². The normalized spacial score (nSPS) is 35.0. The van der Waals surface area contributed by atoms with Gasteiger partial charge in [0.05, 0.1) is 23.8 Å². The Labute approximate surface area is 232 Å². The largest absolute Gasteiger partial charge is 0.507 e. The molecule has 0 radical (unpaired) electrons. The molecule has 14 nitrogen and oxygen atoms in total. The molecule has 2 aromatic rings. The van der Waals surface area contributed by atoms with Crippen molar-refractivity contribution in [3.05, 3.63) is 52.1 Å². The minimum absolute atomic E-state index is 0.0999. The number of aliphatic hydroxyl groups excluding tert-OH is 7. The predicted molar refractivity (Wildman–Crippen MR) is 134 cm³/mol. The van der Waals surface area contributed by atoms with E-state index in [2.05, 4.69) is 0 Å². The number of aryl methyl sites for hydroxylation is 1. The van der Waals surface area contributed by atoms with Crippen LogP contribution in [-0.2, 0) is 9.47 Å².